The summed E-state index contributed by atoms with van der Waals surface area (Å²) in [5.41, 5.74) is 0.822. The van der Waals surface area contributed by atoms with Crippen molar-refractivity contribution in [2.45, 2.75) is 25.2 Å². The van der Waals surface area contributed by atoms with E-state index in [4.69, 9.17) is 0 Å². The monoisotopic (exact) mass is 404 g/mol. The van der Waals surface area contributed by atoms with Crippen molar-refractivity contribution in [1.29, 1.82) is 0 Å². The maximum Gasteiger partial charge on any atom is 0.416 e. The topological polar surface area (TPSA) is 51.0 Å². The number of benzene rings is 1. The number of aromatic nitrogens is 3. The quantitative estimate of drug-likeness (QED) is 0.481. The molecule has 0 saturated carbocycles. The van der Waals surface area contributed by atoms with Crippen molar-refractivity contribution in [3.8, 4) is 11.3 Å². The normalized spacial score (nSPS) is 19.3. The zero-order valence-electron chi connectivity index (χ0n) is 15.3. The third-order valence-corrected chi connectivity index (χ3v) is 5.19. The standard InChI is InChI=1S/C20H16F4N4O/c1-11(21)19(29)27-10-16(12(27)2)28-18-15(4-3-9-25-18)17(26-28)13-5-7-14(8-6-13)20(22,23)24/h3-9,12,16H,1,10H2,2H3. The average Bonchev–Trinajstić information content (AvgIpc) is 3.05. The summed E-state index contributed by atoms with van der Waals surface area (Å²) < 4.78 is 53.4. The fraction of sp³-hybridized carbons (Fsp3) is 0.250. The van der Waals surface area contributed by atoms with Gasteiger partial charge in [0.1, 0.15) is 5.69 Å². The number of fused-ring (bicyclic) bond motifs is 1. The molecular formula is C20H16F4N4O. The minimum atomic E-state index is -4.42. The Morgan fingerprint density at radius 2 is 1.90 bits per heavy atom. The minimum absolute atomic E-state index is 0.237. The van der Waals surface area contributed by atoms with Gasteiger partial charge < -0.3 is 4.90 Å². The SMILES string of the molecule is C=C(F)C(=O)N1CC(n2nc(-c3ccc(C(F)(F)F)cc3)c3cccnc32)C1C. The minimum Gasteiger partial charge on any atom is -0.330 e. The van der Waals surface area contributed by atoms with Crippen LogP contribution in [0.25, 0.3) is 22.3 Å². The van der Waals surface area contributed by atoms with Gasteiger partial charge in [0.25, 0.3) is 5.91 Å². The first-order valence-electron chi connectivity index (χ1n) is 8.84. The van der Waals surface area contributed by atoms with E-state index < -0.39 is 23.5 Å². The molecule has 29 heavy (non-hydrogen) atoms. The van der Waals surface area contributed by atoms with E-state index in [1.54, 1.807) is 29.9 Å². The van der Waals surface area contributed by atoms with Gasteiger partial charge in [0.15, 0.2) is 11.5 Å². The summed E-state index contributed by atoms with van der Waals surface area (Å²) in [6.07, 6.45) is -2.83. The fourth-order valence-corrected chi connectivity index (χ4v) is 3.53. The summed E-state index contributed by atoms with van der Waals surface area (Å²) in [5.74, 6) is -1.79. The number of rotatable bonds is 3. The van der Waals surface area contributed by atoms with Gasteiger partial charge in [-0.05, 0) is 31.2 Å². The molecule has 1 aliphatic heterocycles. The Morgan fingerprint density at radius 3 is 2.48 bits per heavy atom. The van der Waals surface area contributed by atoms with Crippen LogP contribution in [0.3, 0.4) is 0 Å². The van der Waals surface area contributed by atoms with Gasteiger partial charge in [-0.1, -0.05) is 18.7 Å². The van der Waals surface area contributed by atoms with E-state index in [0.29, 0.717) is 22.3 Å². The van der Waals surface area contributed by atoms with Crippen LogP contribution in [0.4, 0.5) is 17.6 Å². The van der Waals surface area contributed by atoms with Crippen LogP contribution >= 0.6 is 0 Å². The maximum absolute atomic E-state index is 13.2. The van der Waals surface area contributed by atoms with Crippen molar-refractivity contribution in [3.63, 3.8) is 0 Å². The van der Waals surface area contributed by atoms with Gasteiger partial charge >= 0.3 is 6.18 Å². The summed E-state index contributed by atoms with van der Waals surface area (Å²) in [6.45, 7) is 5.04. The molecule has 150 valence electrons. The molecule has 1 fully saturated rings. The van der Waals surface area contributed by atoms with Crippen LogP contribution in [0, 0.1) is 0 Å². The molecule has 1 saturated heterocycles. The lowest BCUT2D eigenvalue weighted by molar-refractivity contribution is -0.139. The molecule has 3 heterocycles. The van der Waals surface area contributed by atoms with E-state index in [0.717, 1.165) is 12.1 Å². The van der Waals surface area contributed by atoms with Gasteiger partial charge in [0.2, 0.25) is 0 Å². The largest absolute Gasteiger partial charge is 0.416 e. The fourth-order valence-electron chi connectivity index (χ4n) is 3.53. The molecule has 1 aromatic carbocycles. The molecule has 4 rings (SSSR count). The molecule has 2 aromatic heterocycles. The molecule has 0 aliphatic carbocycles. The number of nitrogens with zero attached hydrogens (tertiary/aromatic N) is 4. The number of pyridine rings is 1. The van der Waals surface area contributed by atoms with Crippen molar-refractivity contribution in [1.82, 2.24) is 19.7 Å². The van der Waals surface area contributed by atoms with Crippen LogP contribution in [-0.4, -0.2) is 38.2 Å². The Kier molecular flexibility index (Phi) is 4.40. The molecule has 0 radical (unpaired) electrons. The number of likely N-dealkylation sites (tertiary alicyclic amines) is 1. The second kappa shape index (κ2) is 6.68. The van der Waals surface area contributed by atoms with Crippen LogP contribution in [0.1, 0.15) is 18.5 Å². The maximum atomic E-state index is 13.2. The first-order valence-corrected chi connectivity index (χ1v) is 8.84. The van der Waals surface area contributed by atoms with E-state index in [1.807, 2.05) is 0 Å². The van der Waals surface area contributed by atoms with E-state index in [9.17, 15) is 22.4 Å². The highest BCUT2D eigenvalue weighted by Crippen LogP contribution is 2.36. The van der Waals surface area contributed by atoms with Crippen LogP contribution in [-0.2, 0) is 11.0 Å². The summed E-state index contributed by atoms with van der Waals surface area (Å²) in [4.78, 5) is 17.5. The molecule has 0 spiro atoms. The molecule has 9 heteroatoms. The molecule has 0 bridgehead atoms. The lowest BCUT2D eigenvalue weighted by Crippen LogP contribution is -2.57. The number of amides is 1. The van der Waals surface area contributed by atoms with E-state index >= 15 is 0 Å². The summed E-state index contributed by atoms with van der Waals surface area (Å²) in [5, 5.41) is 5.26. The lowest BCUT2D eigenvalue weighted by atomic mass is 9.98. The summed E-state index contributed by atoms with van der Waals surface area (Å²) in [6, 6.07) is 7.69. The first-order chi connectivity index (χ1) is 13.7. The number of hydrogen-bond acceptors (Lipinski definition) is 3. The van der Waals surface area contributed by atoms with Gasteiger partial charge in [-0.15, -0.1) is 0 Å². The third kappa shape index (κ3) is 3.16. The molecule has 1 amide bonds. The number of carbonyl (C=O) groups excluding carboxylic acids is 1. The van der Waals surface area contributed by atoms with Crippen molar-refractivity contribution in [3.05, 3.63) is 60.6 Å². The van der Waals surface area contributed by atoms with Crippen molar-refractivity contribution >= 4 is 16.9 Å². The molecule has 0 N–H and O–H groups in total. The molecule has 1 aliphatic rings. The Hall–Kier alpha value is -3.23. The van der Waals surface area contributed by atoms with E-state index in [2.05, 4.69) is 16.7 Å². The van der Waals surface area contributed by atoms with Crippen molar-refractivity contribution in [2.75, 3.05) is 6.54 Å². The number of halogens is 4. The van der Waals surface area contributed by atoms with Gasteiger partial charge in [0, 0.05) is 23.7 Å². The van der Waals surface area contributed by atoms with Crippen LogP contribution < -0.4 is 0 Å². The average molecular weight is 404 g/mol. The Morgan fingerprint density at radius 1 is 1.21 bits per heavy atom. The molecule has 2 atom stereocenters. The van der Waals surface area contributed by atoms with Crippen molar-refractivity contribution in [2.24, 2.45) is 0 Å². The molecular weight excluding hydrogens is 388 g/mol. The molecule has 3 aromatic rings. The summed E-state index contributed by atoms with van der Waals surface area (Å²) >= 11 is 0. The highest BCUT2D eigenvalue weighted by Gasteiger charge is 2.42. The third-order valence-electron chi connectivity index (χ3n) is 5.19. The predicted molar refractivity (Wildman–Crippen MR) is 98.4 cm³/mol. The van der Waals surface area contributed by atoms with E-state index in [1.165, 1.54) is 17.0 Å². The Labute approximate surface area is 163 Å². The van der Waals surface area contributed by atoms with Gasteiger partial charge in [-0.2, -0.15) is 18.3 Å². The number of hydrogen-bond donors (Lipinski definition) is 0. The highest BCUT2D eigenvalue weighted by atomic mass is 19.4. The molecule has 2 unspecified atom stereocenters. The zero-order valence-corrected chi connectivity index (χ0v) is 15.3. The highest BCUT2D eigenvalue weighted by molar-refractivity contribution is 5.92. The predicted octanol–water partition coefficient (Wildman–Crippen LogP) is 4.37. The van der Waals surface area contributed by atoms with Gasteiger partial charge in [0.05, 0.1) is 17.6 Å². The Bertz CT molecular complexity index is 1100. The first kappa shape index (κ1) is 19.1. The smallest absolute Gasteiger partial charge is 0.330 e. The second-order valence-corrected chi connectivity index (χ2v) is 6.91. The molecule has 5 nitrogen and oxygen atoms in total. The van der Waals surface area contributed by atoms with Crippen LogP contribution in [0.15, 0.2) is 55.0 Å². The number of alkyl halides is 3. The van der Waals surface area contributed by atoms with E-state index in [-0.39, 0.29) is 18.6 Å². The lowest BCUT2D eigenvalue weighted by Gasteiger charge is -2.45. The van der Waals surface area contributed by atoms with Crippen LogP contribution in [0.5, 0.6) is 0 Å². The van der Waals surface area contributed by atoms with Crippen molar-refractivity contribution < 1.29 is 22.4 Å². The van der Waals surface area contributed by atoms with Gasteiger partial charge in [-0.25, -0.2) is 14.1 Å². The second-order valence-electron chi connectivity index (χ2n) is 6.91. The summed E-state index contributed by atoms with van der Waals surface area (Å²) in [7, 11) is 0. The zero-order chi connectivity index (χ0) is 20.9. The number of carbonyl (C=O) groups is 1. The Balaban J connectivity index is 1.72. The van der Waals surface area contributed by atoms with Gasteiger partial charge in [-0.3, -0.25) is 4.79 Å². The van der Waals surface area contributed by atoms with Crippen LogP contribution in [0.2, 0.25) is 0 Å².